The summed E-state index contributed by atoms with van der Waals surface area (Å²) in [6, 6.07) is 0. The number of aliphatic hydroxyl groups is 2. The number of allylic oxidation sites excluding steroid dienone is 3. The van der Waals surface area contributed by atoms with Gasteiger partial charge >= 0.3 is 5.97 Å². The zero-order valence-corrected chi connectivity index (χ0v) is 15.5. The number of rotatable bonds is 1. The smallest absolute Gasteiger partial charge is 0.305 e. The number of ether oxygens (including phenoxy) is 1. The summed E-state index contributed by atoms with van der Waals surface area (Å²) in [6.07, 6.45) is 10.1. The lowest BCUT2D eigenvalue weighted by Crippen LogP contribution is -2.50. The van der Waals surface area contributed by atoms with E-state index in [0.29, 0.717) is 24.7 Å². The van der Waals surface area contributed by atoms with Gasteiger partial charge in [0.15, 0.2) is 0 Å². The topological polar surface area (TPSA) is 66.8 Å². The number of aliphatic hydroxyl groups excluding tert-OH is 1. The Labute approximate surface area is 149 Å². The van der Waals surface area contributed by atoms with Gasteiger partial charge in [-0.15, -0.1) is 0 Å². The first kappa shape index (κ1) is 17.3. The number of hydrogen-bond donors (Lipinski definition) is 2. The van der Waals surface area contributed by atoms with Crippen LogP contribution in [0, 0.1) is 22.7 Å². The highest BCUT2D eigenvalue weighted by atomic mass is 16.7. The molecule has 25 heavy (non-hydrogen) atoms. The van der Waals surface area contributed by atoms with Gasteiger partial charge in [-0.3, -0.25) is 4.79 Å². The zero-order chi connectivity index (χ0) is 18.0. The monoisotopic (exact) mass is 346 g/mol. The van der Waals surface area contributed by atoms with Gasteiger partial charge in [0.1, 0.15) is 0 Å². The van der Waals surface area contributed by atoms with Crippen LogP contribution in [0.25, 0.3) is 0 Å². The van der Waals surface area contributed by atoms with E-state index in [4.69, 9.17) is 4.74 Å². The van der Waals surface area contributed by atoms with Crippen LogP contribution in [0.15, 0.2) is 23.3 Å². The summed E-state index contributed by atoms with van der Waals surface area (Å²) in [7, 11) is 0. The Morgan fingerprint density at radius 3 is 2.60 bits per heavy atom. The average molecular weight is 346 g/mol. The first-order valence-electron chi connectivity index (χ1n) is 9.69. The summed E-state index contributed by atoms with van der Waals surface area (Å²) in [5.74, 6) is -0.815. The van der Waals surface area contributed by atoms with E-state index in [1.54, 1.807) is 0 Å². The molecule has 0 heterocycles. The molecule has 0 saturated heterocycles. The van der Waals surface area contributed by atoms with Crippen LogP contribution < -0.4 is 0 Å². The van der Waals surface area contributed by atoms with Gasteiger partial charge in [-0.2, -0.15) is 0 Å². The lowest BCUT2D eigenvalue weighted by Gasteiger charge is -2.55. The van der Waals surface area contributed by atoms with Crippen molar-refractivity contribution < 1.29 is 19.7 Å². The fraction of sp³-hybridized carbons (Fsp3) is 0.762. The van der Waals surface area contributed by atoms with Gasteiger partial charge in [0.25, 0.3) is 0 Å². The zero-order valence-electron chi connectivity index (χ0n) is 15.5. The van der Waals surface area contributed by atoms with Crippen LogP contribution in [-0.4, -0.2) is 28.1 Å². The minimum atomic E-state index is -1.35. The third kappa shape index (κ3) is 2.44. The molecule has 2 N–H and O–H groups in total. The highest BCUT2D eigenvalue weighted by Crippen LogP contribution is 2.64. The second-order valence-corrected chi connectivity index (χ2v) is 9.24. The molecule has 0 unspecified atom stereocenters. The van der Waals surface area contributed by atoms with Crippen LogP contribution in [0.4, 0.5) is 0 Å². The molecule has 138 valence electrons. The fourth-order valence-corrected chi connectivity index (χ4v) is 6.29. The molecule has 0 spiro atoms. The Bertz CT molecular complexity index is 665. The quantitative estimate of drug-likeness (QED) is 0.563. The Hall–Kier alpha value is -1.13. The Kier molecular flexibility index (Phi) is 3.76. The highest BCUT2D eigenvalue weighted by molar-refractivity contribution is 5.66. The molecule has 6 atom stereocenters. The summed E-state index contributed by atoms with van der Waals surface area (Å²) in [6.45, 7) is 5.93. The molecular weight excluding hydrogens is 316 g/mol. The van der Waals surface area contributed by atoms with E-state index in [-0.39, 0.29) is 16.9 Å². The normalized spacial score (nSPS) is 48.6. The molecule has 0 amide bonds. The van der Waals surface area contributed by atoms with E-state index in [1.165, 1.54) is 18.1 Å². The number of fused-ring (bicyclic) bond motifs is 5. The molecule has 0 aromatic heterocycles. The Balaban J connectivity index is 1.67. The van der Waals surface area contributed by atoms with E-state index in [0.717, 1.165) is 32.1 Å². The molecule has 0 aromatic carbocycles. The van der Waals surface area contributed by atoms with Crippen LogP contribution in [-0.2, 0) is 9.53 Å². The SMILES string of the molecule is CC(=O)O[C@]1(O)CC[C@@]2(C)C(=CC=C3[C@@H]4CC[C@H](O)[C@@]4(C)CC[C@@H]32)C1. The van der Waals surface area contributed by atoms with Gasteiger partial charge in [-0.1, -0.05) is 37.1 Å². The van der Waals surface area contributed by atoms with Crippen LogP contribution in [0.2, 0.25) is 0 Å². The molecule has 3 fully saturated rings. The maximum absolute atomic E-state index is 11.3. The summed E-state index contributed by atoms with van der Waals surface area (Å²) in [5, 5.41) is 21.2. The molecule has 0 bridgehead atoms. The van der Waals surface area contributed by atoms with E-state index >= 15 is 0 Å². The third-order valence-corrected chi connectivity index (χ3v) is 7.88. The van der Waals surface area contributed by atoms with Crippen molar-refractivity contribution in [3.63, 3.8) is 0 Å². The summed E-state index contributed by atoms with van der Waals surface area (Å²) < 4.78 is 5.23. The van der Waals surface area contributed by atoms with Crippen molar-refractivity contribution >= 4 is 5.97 Å². The van der Waals surface area contributed by atoms with Crippen molar-refractivity contribution in [2.45, 2.75) is 77.6 Å². The summed E-state index contributed by atoms with van der Waals surface area (Å²) in [5.41, 5.74) is 2.77. The van der Waals surface area contributed by atoms with E-state index in [1.807, 2.05) is 0 Å². The van der Waals surface area contributed by atoms with Crippen molar-refractivity contribution in [2.24, 2.45) is 22.7 Å². The standard InChI is InChI=1S/C21H30O4/c1-13(22)25-21(24)11-10-19(2)14(12-21)4-5-15-16-6-7-18(23)20(16,3)9-8-17(15)19/h4-5,16-18,23-24H,6-12H2,1-3H3/t16-,17-,18-,19-,20-,21+/m0/s1. The van der Waals surface area contributed by atoms with Crippen molar-refractivity contribution in [3.8, 4) is 0 Å². The van der Waals surface area contributed by atoms with E-state index < -0.39 is 11.8 Å². The van der Waals surface area contributed by atoms with Crippen LogP contribution >= 0.6 is 0 Å². The first-order valence-corrected chi connectivity index (χ1v) is 9.69. The minimum absolute atomic E-state index is 0.0250. The van der Waals surface area contributed by atoms with Gasteiger partial charge in [0, 0.05) is 25.2 Å². The second kappa shape index (κ2) is 5.43. The average Bonchev–Trinajstić information content (AvgIpc) is 2.83. The van der Waals surface area contributed by atoms with Crippen molar-refractivity contribution in [3.05, 3.63) is 23.3 Å². The number of hydrogen-bond acceptors (Lipinski definition) is 4. The maximum Gasteiger partial charge on any atom is 0.305 e. The Morgan fingerprint density at radius 1 is 1.12 bits per heavy atom. The Morgan fingerprint density at radius 2 is 1.88 bits per heavy atom. The predicted octanol–water partition coefficient (Wildman–Crippen LogP) is 3.48. The second-order valence-electron chi connectivity index (χ2n) is 9.24. The van der Waals surface area contributed by atoms with Crippen molar-refractivity contribution in [2.75, 3.05) is 0 Å². The molecule has 4 aliphatic carbocycles. The van der Waals surface area contributed by atoms with Crippen LogP contribution in [0.1, 0.15) is 65.7 Å². The molecule has 3 saturated carbocycles. The van der Waals surface area contributed by atoms with Gasteiger partial charge < -0.3 is 14.9 Å². The highest BCUT2D eigenvalue weighted by Gasteiger charge is 2.57. The maximum atomic E-state index is 11.3. The molecule has 4 rings (SSSR count). The van der Waals surface area contributed by atoms with E-state index in [9.17, 15) is 15.0 Å². The lowest BCUT2D eigenvalue weighted by atomic mass is 9.51. The summed E-state index contributed by atoms with van der Waals surface area (Å²) >= 11 is 0. The number of carbonyl (C=O) groups is 1. The van der Waals surface area contributed by atoms with Crippen molar-refractivity contribution in [1.82, 2.24) is 0 Å². The van der Waals surface area contributed by atoms with Crippen molar-refractivity contribution in [1.29, 1.82) is 0 Å². The minimum Gasteiger partial charge on any atom is -0.433 e. The first-order chi connectivity index (χ1) is 11.7. The van der Waals surface area contributed by atoms with Gasteiger partial charge in [0.2, 0.25) is 5.79 Å². The molecular formula is C21H30O4. The third-order valence-electron chi connectivity index (χ3n) is 7.88. The molecule has 4 aliphatic rings. The fourth-order valence-electron chi connectivity index (χ4n) is 6.29. The van der Waals surface area contributed by atoms with Crippen LogP contribution in [0.3, 0.4) is 0 Å². The molecule has 0 aliphatic heterocycles. The van der Waals surface area contributed by atoms with Crippen LogP contribution in [0.5, 0.6) is 0 Å². The number of esters is 1. The predicted molar refractivity (Wildman–Crippen MR) is 94.4 cm³/mol. The lowest BCUT2D eigenvalue weighted by molar-refractivity contribution is -0.219. The van der Waals surface area contributed by atoms with Gasteiger partial charge in [-0.05, 0) is 49.4 Å². The largest absolute Gasteiger partial charge is 0.433 e. The molecule has 4 nitrogen and oxygen atoms in total. The van der Waals surface area contributed by atoms with Gasteiger partial charge in [0.05, 0.1) is 6.10 Å². The number of carbonyl (C=O) groups excluding carboxylic acids is 1. The molecule has 4 heteroatoms. The molecule has 0 radical (unpaired) electrons. The van der Waals surface area contributed by atoms with Gasteiger partial charge in [-0.25, -0.2) is 0 Å². The van der Waals surface area contributed by atoms with E-state index in [2.05, 4.69) is 26.0 Å². The molecule has 0 aromatic rings. The summed E-state index contributed by atoms with van der Waals surface area (Å²) in [4.78, 5) is 11.3.